The number of benzene rings is 1. The smallest absolute Gasteiger partial charge is 0.223 e. The highest BCUT2D eigenvalue weighted by Crippen LogP contribution is 2.44. The minimum atomic E-state index is -0.413. The molecule has 3 rings (SSSR count). The van der Waals surface area contributed by atoms with Gasteiger partial charge in [-0.3, -0.25) is 4.79 Å². The summed E-state index contributed by atoms with van der Waals surface area (Å²) in [6.07, 6.45) is 3.04. The summed E-state index contributed by atoms with van der Waals surface area (Å²) in [5.74, 6) is 1.53. The summed E-state index contributed by atoms with van der Waals surface area (Å²) in [7, 11) is 3.05. The van der Waals surface area contributed by atoms with Gasteiger partial charge in [-0.2, -0.15) is 0 Å². The lowest BCUT2D eigenvalue weighted by atomic mass is 9.89. The average molecular weight is 418 g/mol. The van der Waals surface area contributed by atoms with Crippen LogP contribution in [0.15, 0.2) is 28.9 Å². The molecule has 1 fully saturated rings. The van der Waals surface area contributed by atoms with Gasteiger partial charge in [-0.05, 0) is 23.4 Å². The molecule has 1 aromatic heterocycles. The predicted molar refractivity (Wildman–Crippen MR) is 113 cm³/mol. The fourth-order valence-corrected chi connectivity index (χ4v) is 4.94. The zero-order chi connectivity index (χ0) is 21.0. The van der Waals surface area contributed by atoms with Gasteiger partial charge in [0.25, 0.3) is 0 Å². The van der Waals surface area contributed by atoms with Gasteiger partial charge in [0.2, 0.25) is 5.91 Å². The Morgan fingerprint density at radius 3 is 2.55 bits per heavy atom. The molecule has 1 aromatic carbocycles. The van der Waals surface area contributed by atoms with Crippen molar-refractivity contribution in [1.29, 1.82) is 0 Å². The topological polar surface area (TPSA) is 81.1 Å². The summed E-state index contributed by atoms with van der Waals surface area (Å²) < 4.78 is 10.8. The Morgan fingerprint density at radius 2 is 2.00 bits per heavy atom. The Kier molecular flexibility index (Phi) is 6.84. The molecule has 156 valence electrons. The quantitative estimate of drug-likeness (QED) is 0.616. The van der Waals surface area contributed by atoms with Gasteiger partial charge in [0.1, 0.15) is 22.2 Å². The Hall–Kier alpha value is -2.48. The Labute approximate surface area is 175 Å². The van der Waals surface area contributed by atoms with Gasteiger partial charge in [0, 0.05) is 48.8 Å². The molecule has 0 N–H and O–H groups in total. The second-order valence-electron chi connectivity index (χ2n) is 7.73. The van der Waals surface area contributed by atoms with Crippen molar-refractivity contribution in [1.82, 2.24) is 9.88 Å². The highest BCUT2D eigenvalue weighted by molar-refractivity contribution is 7.09. The number of methoxy groups -OCH3 is 2. The molecule has 29 heavy (non-hydrogen) atoms. The van der Waals surface area contributed by atoms with Crippen LogP contribution in [0.4, 0.5) is 5.69 Å². The van der Waals surface area contributed by atoms with Crippen molar-refractivity contribution in [3.05, 3.63) is 39.2 Å². The second kappa shape index (κ2) is 9.35. The van der Waals surface area contributed by atoms with Gasteiger partial charge in [-0.15, -0.1) is 16.2 Å². The van der Waals surface area contributed by atoms with Gasteiger partial charge in [-0.25, -0.2) is 4.98 Å². The summed E-state index contributed by atoms with van der Waals surface area (Å²) in [5, 5.41) is 5.82. The predicted octanol–water partition coefficient (Wildman–Crippen LogP) is 4.58. The largest absolute Gasteiger partial charge is 0.497 e. The van der Waals surface area contributed by atoms with E-state index < -0.39 is 5.92 Å². The number of thiazole rings is 1. The third-order valence-electron chi connectivity index (χ3n) is 5.35. The monoisotopic (exact) mass is 417 g/mol. The van der Waals surface area contributed by atoms with Gasteiger partial charge < -0.3 is 14.4 Å². The van der Waals surface area contributed by atoms with Crippen LogP contribution in [0.25, 0.3) is 0 Å². The van der Waals surface area contributed by atoms with E-state index >= 15 is 0 Å². The van der Waals surface area contributed by atoms with Crippen LogP contribution >= 0.6 is 11.3 Å². The first kappa shape index (κ1) is 21.2. The van der Waals surface area contributed by atoms with Crippen molar-refractivity contribution in [3.63, 3.8) is 0 Å². The normalized spacial score (nSPS) is 20.2. The summed E-state index contributed by atoms with van der Waals surface area (Å²) in [5.41, 5.74) is 0.777. The average Bonchev–Trinajstić information content (AvgIpc) is 3.24. The van der Waals surface area contributed by atoms with Crippen LogP contribution < -0.4 is 9.47 Å². The standard InChI is InChI=1S/C21H27N3O4S/c1-13-7-14(2)12-24(11-13)19(25)10-16(21-22-5-6-29-21)20-17(23-26)8-15(27-3)9-18(20)28-4/h5-6,8-9,13-14,16H,7,10-12H2,1-4H3. The molecule has 1 saturated heterocycles. The van der Waals surface area contributed by atoms with Crippen molar-refractivity contribution < 1.29 is 14.3 Å². The maximum atomic E-state index is 13.2. The molecule has 0 radical (unpaired) electrons. The van der Waals surface area contributed by atoms with Crippen LogP contribution in [-0.2, 0) is 4.79 Å². The van der Waals surface area contributed by atoms with Crippen LogP contribution in [0.2, 0.25) is 0 Å². The molecule has 1 aliphatic heterocycles. The lowest BCUT2D eigenvalue weighted by Crippen LogP contribution is -2.43. The number of carbonyl (C=O) groups excluding carboxylic acids is 1. The third-order valence-corrected chi connectivity index (χ3v) is 6.24. The maximum Gasteiger partial charge on any atom is 0.223 e. The molecule has 1 amide bonds. The van der Waals surface area contributed by atoms with E-state index in [4.69, 9.17) is 9.47 Å². The number of hydrogen-bond acceptors (Lipinski definition) is 7. The fraction of sp³-hybridized carbons (Fsp3) is 0.524. The number of piperidine rings is 1. The van der Waals surface area contributed by atoms with Gasteiger partial charge in [0.15, 0.2) is 0 Å². The number of nitroso groups, excluding NO2 is 1. The number of rotatable bonds is 7. The molecular formula is C21H27N3O4S. The van der Waals surface area contributed by atoms with Crippen molar-refractivity contribution in [2.75, 3.05) is 27.3 Å². The first-order valence-electron chi connectivity index (χ1n) is 9.73. The molecule has 7 nitrogen and oxygen atoms in total. The Balaban J connectivity index is 1.99. The van der Waals surface area contributed by atoms with Crippen molar-refractivity contribution in [2.45, 2.75) is 32.6 Å². The van der Waals surface area contributed by atoms with Crippen LogP contribution in [0, 0.1) is 16.7 Å². The van der Waals surface area contributed by atoms with E-state index in [2.05, 4.69) is 24.0 Å². The van der Waals surface area contributed by atoms with E-state index in [1.54, 1.807) is 18.3 Å². The Morgan fingerprint density at radius 1 is 1.28 bits per heavy atom. The third kappa shape index (κ3) is 4.75. The summed E-state index contributed by atoms with van der Waals surface area (Å²) in [6.45, 7) is 5.86. The molecule has 0 bridgehead atoms. The number of amides is 1. The lowest BCUT2D eigenvalue weighted by Gasteiger charge is -2.35. The first-order chi connectivity index (χ1) is 14.0. The highest BCUT2D eigenvalue weighted by Gasteiger charge is 2.32. The van der Waals surface area contributed by atoms with Crippen LogP contribution in [0.3, 0.4) is 0 Å². The van der Waals surface area contributed by atoms with Gasteiger partial charge >= 0.3 is 0 Å². The number of carbonyl (C=O) groups is 1. The van der Waals surface area contributed by atoms with Gasteiger partial charge in [0.05, 0.1) is 20.1 Å². The van der Waals surface area contributed by atoms with E-state index in [-0.39, 0.29) is 18.0 Å². The van der Waals surface area contributed by atoms with E-state index in [1.165, 1.54) is 25.6 Å². The molecule has 1 aliphatic rings. The molecule has 3 unspecified atom stereocenters. The van der Waals surface area contributed by atoms with Gasteiger partial charge in [-0.1, -0.05) is 13.8 Å². The number of ether oxygens (including phenoxy) is 2. The van der Waals surface area contributed by atoms with Crippen molar-refractivity contribution in [2.24, 2.45) is 17.0 Å². The molecule has 8 heteroatoms. The fourth-order valence-electron chi connectivity index (χ4n) is 4.19. The van der Waals surface area contributed by atoms with Crippen LogP contribution in [0.1, 0.15) is 43.2 Å². The zero-order valence-electron chi connectivity index (χ0n) is 17.3. The lowest BCUT2D eigenvalue weighted by molar-refractivity contribution is -0.134. The molecule has 0 saturated carbocycles. The van der Waals surface area contributed by atoms with Crippen LogP contribution in [0.5, 0.6) is 11.5 Å². The maximum absolute atomic E-state index is 13.2. The van der Waals surface area contributed by atoms with Crippen molar-refractivity contribution >= 4 is 22.9 Å². The minimum Gasteiger partial charge on any atom is -0.497 e. The number of nitrogens with zero attached hydrogens (tertiary/aromatic N) is 3. The SMILES string of the molecule is COc1cc(N=O)c(C(CC(=O)N2CC(C)CC(C)C2)c2nccs2)c(OC)c1. The van der Waals surface area contributed by atoms with Crippen molar-refractivity contribution in [3.8, 4) is 11.5 Å². The molecule has 0 spiro atoms. The molecule has 0 aliphatic carbocycles. The summed E-state index contributed by atoms with van der Waals surface area (Å²) in [4.78, 5) is 31.2. The number of aromatic nitrogens is 1. The first-order valence-corrected chi connectivity index (χ1v) is 10.6. The van der Waals surface area contributed by atoms with Crippen LogP contribution in [-0.4, -0.2) is 43.1 Å². The molecule has 2 heterocycles. The van der Waals surface area contributed by atoms with E-state index in [0.717, 1.165) is 24.5 Å². The molecular weight excluding hydrogens is 390 g/mol. The molecule has 3 atom stereocenters. The van der Waals surface area contributed by atoms with E-state index in [9.17, 15) is 9.70 Å². The highest BCUT2D eigenvalue weighted by atomic mass is 32.1. The van der Waals surface area contributed by atoms with E-state index in [0.29, 0.717) is 28.9 Å². The second-order valence-corrected chi connectivity index (χ2v) is 8.65. The summed E-state index contributed by atoms with van der Waals surface area (Å²) >= 11 is 1.45. The van der Waals surface area contributed by atoms with E-state index in [1.807, 2.05) is 10.3 Å². The number of likely N-dealkylation sites (tertiary alicyclic amines) is 1. The zero-order valence-corrected chi connectivity index (χ0v) is 18.1. The molecule has 2 aromatic rings. The summed E-state index contributed by atoms with van der Waals surface area (Å²) in [6, 6.07) is 3.28. The Bertz CT molecular complexity index is 846. The minimum absolute atomic E-state index is 0.0540. The number of hydrogen-bond donors (Lipinski definition) is 0.